The van der Waals surface area contributed by atoms with Crippen LogP contribution in [-0.2, 0) is 14.8 Å². The van der Waals surface area contributed by atoms with Crippen molar-refractivity contribution in [3.05, 3.63) is 24.0 Å². The van der Waals surface area contributed by atoms with Gasteiger partial charge < -0.3 is 14.4 Å². The van der Waals surface area contributed by atoms with Crippen LogP contribution >= 0.6 is 0 Å². The molecule has 2 heterocycles. The van der Waals surface area contributed by atoms with Crippen molar-refractivity contribution in [1.82, 2.24) is 9.21 Å². The third-order valence-electron chi connectivity index (χ3n) is 4.47. The van der Waals surface area contributed by atoms with E-state index in [4.69, 9.17) is 9.47 Å². The molecule has 0 bridgehead atoms. The van der Waals surface area contributed by atoms with Crippen LogP contribution in [0.4, 0.5) is 4.39 Å². The van der Waals surface area contributed by atoms with Crippen LogP contribution in [0.15, 0.2) is 23.1 Å². The molecule has 0 aliphatic carbocycles. The number of fused-ring (bicyclic) bond motifs is 1. The van der Waals surface area contributed by atoms with Gasteiger partial charge in [-0.2, -0.15) is 4.31 Å². The maximum absolute atomic E-state index is 13.6. The van der Waals surface area contributed by atoms with E-state index >= 15 is 0 Å². The average Bonchev–Trinajstić information content (AvgIpc) is 2.54. The third-order valence-corrected chi connectivity index (χ3v) is 6.39. The number of nitrogens with zero attached hydrogens (tertiary/aromatic N) is 2. The highest BCUT2D eigenvalue weighted by molar-refractivity contribution is 7.89. The molecule has 3 rings (SSSR count). The molecular formula is C15H21FN2O4S. The summed E-state index contributed by atoms with van der Waals surface area (Å²) in [5.74, 6) is -0.652. The number of methoxy groups -OCH3 is 1. The molecule has 2 saturated heterocycles. The Kier molecular flexibility index (Phi) is 4.59. The molecule has 0 amide bonds. The molecule has 23 heavy (non-hydrogen) atoms. The lowest BCUT2D eigenvalue weighted by atomic mass is 10.0. The monoisotopic (exact) mass is 344 g/mol. The summed E-state index contributed by atoms with van der Waals surface area (Å²) in [6, 6.07) is 3.42. The van der Waals surface area contributed by atoms with Gasteiger partial charge in [-0.15, -0.1) is 0 Å². The van der Waals surface area contributed by atoms with E-state index in [2.05, 4.69) is 4.90 Å². The fourth-order valence-electron chi connectivity index (χ4n) is 3.23. The molecule has 2 fully saturated rings. The van der Waals surface area contributed by atoms with Crippen molar-refractivity contribution in [3.8, 4) is 5.75 Å². The molecule has 1 aromatic rings. The highest BCUT2D eigenvalue weighted by Gasteiger charge is 2.42. The van der Waals surface area contributed by atoms with E-state index in [-0.39, 0.29) is 22.8 Å². The third kappa shape index (κ3) is 3.08. The van der Waals surface area contributed by atoms with Gasteiger partial charge in [-0.3, -0.25) is 0 Å². The molecule has 0 spiro atoms. The molecular weight excluding hydrogens is 323 g/mol. The maximum Gasteiger partial charge on any atom is 0.243 e. The van der Waals surface area contributed by atoms with Crippen molar-refractivity contribution >= 4 is 10.0 Å². The zero-order chi connectivity index (χ0) is 16.6. The molecule has 0 radical (unpaired) electrons. The van der Waals surface area contributed by atoms with Crippen molar-refractivity contribution in [2.24, 2.45) is 0 Å². The number of likely N-dealkylation sites (tertiary alicyclic amines) is 1. The van der Waals surface area contributed by atoms with E-state index in [1.165, 1.54) is 23.5 Å². The first-order valence-electron chi connectivity index (χ1n) is 7.59. The standard InChI is InChI=1S/C15H21FN2O4S/c1-17-6-5-14-13(10-17)18(7-8-22-14)23(19,20)11-3-4-12(16)15(9-11)21-2/h3-4,9,13-14H,5-8,10H2,1-2H3/t13-,14+/m1/s1. The van der Waals surface area contributed by atoms with Crippen LogP contribution in [0, 0.1) is 5.82 Å². The first-order chi connectivity index (χ1) is 10.9. The predicted molar refractivity (Wildman–Crippen MR) is 82.5 cm³/mol. The number of benzene rings is 1. The fraction of sp³-hybridized carbons (Fsp3) is 0.600. The second kappa shape index (κ2) is 6.35. The fourth-order valence-corrected chi connectivity index (χ4v) is 4.87. The first-order valence-corrected chi connectivity index (χ1v) is 9.03. The summed E-state index contributed by atoms with van der Waals surface area (Å²) in [5, 5.41) is 0. The van der Waals surface area contributed by atoms with E-state index in [0.717, 1.165) is 19.0 Å². The number of morpholine rings is 1. The number of ether oxygens (including phenoxy) is 2. The van der Waals surface area contributed by atoms with Crippen molar-refractivity contribution in [1.29, 1.82) is 0 Å². The zero-order valence-corrected chi connectivity index (χ0v) is 14.1. The van der Waals surface area contributed by atoms with Gasteiger partial charge in [0.05, 0.1) is 30.8 Å². The number of hydrogen-bond acceptors (Lipinski definition) is 5. The van der Waals surface area contributed by atoms with Gasteiger partial charge >= 0.3 is 0 Å². The molecule has 2 aliphatic heterocycles. The average molecular weight is 344 g/mol. The molecule has 0 N–H and O–H groups in total. The molecule has 0 unspecified atom stereocenters. The Morgan fingerprint density at radius 2 is 2.13 bits per heavy atom. The molecule has 0 aromatic heterocycles. The summed E-state index contributed by atoms with van der Waals surface area (Å²) in [4.78, 5) is 2.15. The Labute approximate surface area is 135 Å². The van der Waals surface area contributed by atoms with Crippen molar-refractivity contribution in [3.63, 3.8) is 0 Å². The summed E-state index contributed by atoms with van der Waals surface area (Å²) < 4.78 is 51.7. The quantitative estimate of drug-likeness (QED) is 0.816. The normalized spacial score (nSPS) is 26.7. The summed E-state index contributed by atoms with van der Waals surface area (Å²) in [6.07, 6.45) is 0.719. The van der Waals surface area contributed by atoms with Crippen molar-refractivity contribution in [2.75, 3.05) is 40.4 Å². The highest BCUT2D eigenvalue weighted by Crippen LogP contribution is 2.30. The number of likely N-dealkylation sites (N-methyl/N-ethyl adjacent to an activating group) is 1. The molecule has 8 heteroatoms. The minimum Gasteiger partial charge on any atom is -0.494 e. The smallest absolute Gasteiger partial charge is 0.243 e. The Morgan fingerprint density at radius 3 is 2.87 bits per heavy atom. The Balaban J connectivity index is 1.94. The van der Waals surface area contributed by atoms with Gasteiger partial charge in [-0.25, -0.2) is 12.8 Å². The maximum atomic E-state index is 13.6. The van der Waals surface area contributed by atoms with Gasteiger partial charge in [0.25, 0.3) is 0 Å². The van der Waals surface area contributed by atoms with Gasteiger partial charge in [0.1, 0.15) is 0 Å². The molecule has 2 aliphatic rings. The van der Waals surface area contributed by atoms with Gasteiger partial charge in [0.15, 0.2) is 11.6 Å². The number of rotatable bonds is 3. The Hall–Kier alpha value is -1.22. The lowest BCUT2D eigenvalue weighted by Gasteiger charge is -2.45. The SMILES string of the molecule is COc1cc(S(=O)(=O)N2CCO[C@H]3CCN(C)C[C@H]32)ccc1F. The molecule has 0 saturated carbocycles. The van der Waals surface area contributed by atoms with Crippen LogP contribution in [0.3, 0.4) is 0 Å². The Morgan fingerprint density at radius 1 is 1.35 bits per heavy atom. The van der Waals surface area contributed by atoms with E-state index in [0.29, 0.717) is 19.7 Å². The van der Waals surface area contributed by atoms with Crippen molar-refractivity contribution in [2.45, 2.75) is 23.5 Å². The highest BCUT2D eigenvalue weighted by atomic mass is 32.2. The minimum atomic E-state index is -3.73. The van der Waals surface area contributed by atoms with Gasteiger partial charge in [0.2, 0.25) is 10.0 Å². The zero-order valence-electron chi connectivity index (χ0n) is 13.2. The van der Waals surface area contributed by atoms with Gasteiger partial charge in [-0.1, -0.05) is 0 Å². The van der Waals surface area contributed by atoms with E-state index in [1.54, 1.807) is 0 Å². The number of piperidine rings is 1. The topological polar surface area (TPSA) is 59.1 Å². The van der Waals surface area contributed by atoms with Gasteiger partial charge in [0, 0.05) is 25.7 Å². The van der Waals surface area contributed by atoms with Gasteiger partial charge in [-0.05, 0) is 25.6 Å². The van der Waals surface area contributed by atoms with Crippen LogP contribution in [0.1, 0.15) is 6.42 Å². The van der Waals surface area contributed by atoms with E-state index in [9.17, 15) is 12.8 Å². The summed E-state index contributed by atoms with van der Waals surface area (Å²) in [7, 11) is -0.441. The summed E-state index contributed by atoms with van der Waals surface area (Å²) >= 11 is 0. The van der Waals surface area contributed by atoms with E-state index in [1.807, 2.05) is 7.05 Å². The molecule has 6 nitrogen and oxygen atoms in total. The number of hydrogen-bond donors (Lipinski definition) is 0. The summed E-state index contributed by atoms with van der Waals surface area (Å²) in [6.45, 7) is 2.20. The van der Waals surface area contributed by atoms with Crippen LogP contribution in [0.25, 0.3) is 0 Å². The first kappa shape index (κ1) is 16.6. The van der Waals surface area contributed by atoms with E-state index < -0.39 is 15.8 Å². The van der Waals surface area contributed by atoms with Crippen LogP contribution in [-0.4, -0.2) is 70.2 Å². The number of sulfonamides is 1. The predicted octanol–water partition coefficient (Wildman–Crippen LogP) is 0.928. The number of halogens is 1. The lowest BCUT2D eigenvalue weighted by Crippen LogP contribution is -2.60. The molecule has 2 atom stereocenters. The minimum absolute atomic E-state index is 0.0460. The van der Waals surface area contributed by atoms with Crippen molar-refractivity contribution < 1.29 is 22.3 Å². The van der Waals surface area contributed by atoms with Crippen LogP contribution in [0.5, 0.6) is 5.75 Å². The lowest BCUT2D eigenvalue weighted by molar-refractivity contribution is -0.0719. The van der Waals surface area contributed by atoms with Crippen LogP contribution < -0.4 is 4.74 Å². The molecule has 128 valence electrons. The molecule has 1 aromatic carbocycles. The Bertz CT molecular complexity index is 682. The second-order valence-electron chi connectivity index (χ2n) is 5.94. The summed E-state index contributed by atoms with van der Waals surface area (Å²) in [5.41, 5.74) is 0. The second-order valence-corrected chi connectivity index (χ2v) is 7.83. The van der Waals surface area contributed by atoms with Crippen LogP contribution in [0.2, 0.25) is 0 Å². The largest absolute Gasteiger partial charge is 0.494 e.